The van der Waals surface area contributed by atoms with Crippen LogP contribution in [0.2, 0.25) is 0 Å². The molecule has 0 radical (unpaired) electrons. The van der Waals surface area contributed by atoms with Crippen LogP contribution in [0.5, 0.6) is 0 Å². The number of nitrogens with two attached hydrogens (primary N) is 1. The summed E-state index contributed by atoms with van der Waals surface area (Å²) in [5.41, 5.74) is 5.27. The lowest BCUT2D eigenvalue weighted by molar-refractivity contribution is -0.130. The van der Waals surface area contributed by atoms with E-state index in [0.717, 1.165) is 0 Å². The molecule has 0 aromatic heterocycles. The summed E-state index contributed by atoms with van der Waals surface area (Å²) in [6.07, 6.45) is -1.04. The minimum absolute atomic E-state index is 0.436. The lowest BCUT2D eigenvalue weighted by Crippen LogP contribution is -2.53. The van der Waals surface area contributed by atoms with Crippen LogP contribution in [0.1, 0.15) is 13.8 Å². The van der Waals surface area contributed by atoms with E-state index in [9.17, 15) is 14.7 Å². The molecule has 1 amide bonds. The Bertz CT molecular complexity index is 217. The second kappa shape index (κ2) is 5.69. The van der Waals surface area contributed by atoms with E-state index >= 15 is 0 Å². The highest BCUT2D eigenvalue weighted by molar-refractivity contribution is 5.92. The summed E-state index contributed by atoms with van der Waals surface area (Å²) in [5.74, 6) is -1.02. The van der Waals surface area contributed by atoms with E-state index in [2.05, 4.69) is 5.32 Å². The summed E-state index contributed by atoms with van der Waals surface area (Å²) < 4.78 is 0. The van der Waals surface area contributed by atoms with Gasteiger partial charge in [-0.25, -0.2) is 0 Å². The van der Waals surface area contributed by atoms with Crippen molar-refractivity contribution in [3.63, 3.8) is 0 Å². The fraction of sp³-hybridized carbons (Fsp3) is 0.750. The molecule has 5 N–H and O–H groups in total. The van der Waals surface area contributed by atoms with Gasteiger partial charge in [-0.3, -0.25) is 9.59 Å². The topological polar surface area (TPSA) is 113 Å². The molecule has 0 fully saturated rings. The molecule has 0 aliphatic heterocycles. The van der Waals surface area contributed by atoms with Gasteiger partial charge in [0.1, 0.15) is 6.04 Å². The first-order valence-corrected chi connectivity index (χ1v) is 4.25. The van der Waals surface area contributed by atoms with Crippen molar-refractivity contribution in [2.45, 2.75) is 32.0 Å². The van der Waals surface area contributed by atoms with Crippen molar-refractivity contribution in [3.8, 4) is 0 Å². The van der Waals surface area contributed by atoms with Crippen LogP contribution in [-0.4, -0.2) is 46.7 Å². The van der Waals surface area contributed by atoms with E-state index in [1.165, 1.54) is 13.8 Å². The predicted molar refractivity (Wildman–Crippen MR) is 49.4 cm³/mol. The lowest BCUT2D eigenvalue weighted by atomic mass is 10.0. The van der Waals surface area contributed by atoms with Gasteiger partial charge in [-0.15, -0.1) is 0 Å². The third-order valence-corrected chi connectivity index (χ3v) is 1.71. The second-order valence-electron chi connectivity index (χ2n) is 3.11. The first kappa shape index (κ1) is 13.0. The number of hydrogen-bond donors (Lipinski definition) is 4. The van der Waals surface area contributed by atoms with Gasteiger partial charge in [-0.2, -0.15) is 0 Å². The largest absolute Gasteiger partial charge is 0.394 e. The lowest BCUT2D eigenvalue weighted by Gasteiger charge is -2.21. The van der Waals surface area contributed by atoms with E-state index in [0.29, 0.717) is 0 Å². The monoisotopic (exact) mass is 204 g/mol. The van der Waals surface area contributed by atoms with E-state index in [4.69, 9.17) is 10.8 Å². The smallest absolute Gasteiger partial charge is 0.217 e. The maximum Gasteiger partial charge on any atom is 0.217 e. The molecule has 0 saturated carbocycles. The fourth-order valence-electron chi connectivity index (χ4n) is 0.969. The maximum atomic E-state index is 11.4. The van der Waals surface area contributed by atoms with Gasteiger partial charge in [0.15, 0.2) is 5.78 Å². The average molecular weight is 204 g/mol. The van der Waals surface area contributed by atoms with E-state index in [-0.39, 0.29) is 0 Å². The third kappa shape index (κ3) is 3.82. The molecular formula is C8H16N2O4. The van der Waals surface area contributed by atoms with E-state index in [1.54, 1.807) is 0 Å². The molecule has 0 heterocycles. The molecule has 0 aliphatic rings. The number of ketones is 1. The summed E-state index contributed by atoms with van der Waals surface area (Å²) in [4.78, 5) is 22.1. The minimum Gasteiger partial charge on any atom is -0.394 e. The van der Waals surface area contributed by atoms with Gasteiger partial charge in [0, 0.05) is 6.92 Å². The van der Waals surface area contributed by atoms with Crippen LogP contribution in [-0.2, 0) is 9.59 Å². The van der Waals surface area contributed by atoms with Crippen molar-refractivity contribution >= 4 is 11.7 Å². The highest BCUT2D eigenvalue weighted by Crippen LogP contribution is 1.97. The molecule has 0 saturated heterocycles. The fourth-order valence-corrected chi connectivity index (χ4v) is 0.969. The summed E-state index contributed by atoms with van der Waals surface area (Å²) in [6, 6.07) is -2.14. The van der Waals surface area contributed by atoms with Crippen LogP contribution >= 0.6 is 0 Å². The summed E-state index contributed by atoms with van der Waals surface area (Å²) in [5, 5.41) is 20.1. The molecule has 82 valence electrons. The molecule has 14 heavy (non-hydrogen) atoms. The highest BCUT2D eigenvalue weighted by Gasteiger charge is 2.28. The van der Waals surface area contributed by atoms with Crippen LogP contribution in [0.3, 0.4) is 0 Å². The number of Topliss-reactive ketones (excluding diaryl/α,β-unsaturated/α-hetero) is 1. The van der Waals surface area contributed by atoms with Crippen molar-refractivity contribution in [1.82, 2.24) is 5.32 Å². The van der Waals surface area contributed by atoms with Crippen molar-refractivity contribution in [2.75, 3.05) is 6.61 Å². The van der Waals surface area contributed by atoms with Crippen molar-refractivity contribution in [3.05, 3.63) is 0 Å². The van der Waals surface area contributed by atoms with Gasteiger partial charge in [0.2, 0.25) is 5.91 Å². The summed E-state index contributed by atoms with van der Waals surface area (Å²) in [7, 11) is 0. The molecule has 0 unspecified atom stereocenters. The molecule has 0 aliphatic carbocycles. The molecular weight excluding hydrogens is 188 g/mol. The quantitative estimate of drug-likeness (QED) is 0.404. The SMILES string of the molecule is CC(=O)N[C@H](C(=O)[C@@H](N)CO)[C@@H](C)O. The van der Waals surface area contributed by atoms with Crippen molar-refractivity contribution in [2.24, 2.45) is 5.73 Å². The standard InChI is InChI=1S/C8H16N2O4/c1-4(12)7(10-5(2)13)8(14)6(9)3-11/h4,6-7,11-12H,3,9H2,1-2H3,(H,10,13)/t4-,6+,7+/m1/s1. The zero-order valence-electron chi connectivity index (χ0n) is 8.23. The van der Waals surface area contributed by atoms with Gasteiger partial charge in [-0.05, 0) is 6.92 Å². The number of amides is 1. The molecule has 6 nitrogen and oxygen atoms in total. The maximum absolute atomic E-state index is 11.4. The Morgan fingerprint density at radius 3 is 2.29 bits per heavy atom. The number of carbonyl (C=O) groups excluding carboxylic acids is 2. The number of aliphatic hydroxyl groups excluding tert-OH is 2. The van der Waals surface area contributed by atoms with E-state index in [1.807, 2.05) is 0 Å². The second-order valence-corrected chi connectivity index (χ2v) is 3.11. The molecule has 0 aromatic rings. The first-order valence-electron chi connectivity index (χ1n) is 4.25. The zero-order chi connectivity index (χ0) is 11.3. The van der Waals surface area contributed by atoms with Crippen LogP contribution in [0, 0.1) is 0 Å². The molecule has 6 heteroatoms. The Hall–Kier alpha value is -0.980. The van der Waals surface area contributed by atoms with Gasteiger partial charge in [-0.1, -0.05) is 0 Å². The highest BCUT2D eigenvalue weighted by atomic mass is 16.3. The molecule has 0 bridgehead atoms. The van der Waals surface area contributed by atoms with Gasteiger partial charge in [0.25, 0.3) is 0 Å². The van der Waals surface area contributed by atoms with Crippen LogP contribution in [0.15, 0.2) is 0 Å². The molecule has 0 aromatic carbocycles. The number of nitrogens with one attached hydrogen (secondary N) is 1. The average Bonchev–Trinajstić information content (AvgIpc) is 2.11. The van der Waals surface area contributed by atoms with Crippen LogP contribution < -0.4 is 11.1 Å². The number of rotatable bonds is 5. The van der Waals surface area contributed by atoms with Gasteiger partial charge >= 0.3 is 0 Å². The Labute approximate surface area is 82.1 Å². The van der Waals surface area contributed by atoms with Crippen molar-refractivity contribution < 1.29 is 19.8 Å². The van der Waals surface area contributed by atoms with Crippen LogP contribution in [0.4, 0.5) is 0 Å². The Kier molecular flexibility index (Phi) is 5.29. The molecule has 0 rings (SSSR count). The van der Waals surface area contributed by atoms with Gasteiger partial charge < -0.3 is 21.3 Å². The molecule has 0 spiro atoms. The number of carbonyl (C=O) groups is 2. The normalized spacial score (nSPS) is 16.9. The third-order valence-electron chi connectivity index (χ3n) is 1.71. The van der Waals surface area contributed by atoms with Gasteiger partial charge in [0.05, 0.1) is 18.8 Å². The van der Waals surface area contributed by atoms with Crippen LogP contribution in [0.25, 0.3) is 0 Å². The Morgan fingerprint density at radius 1 is 1.50 bits per heavy atom. The van der Waals surface area contributed by atoms with E-state index < -0.39 is 36.5 Å². The number of hydrogen-bond acceptors (Lipinski definition) is 5. The zero-order valence-corrected chi connectivity index (χ0v) is 8.23. The number of aliphatic hydroxyl groups is 2. The Balaban J connectivity index is 4.49. The summed E-state index contributed by atoms with van der Waals surface area (Å²) >= 11 is 0. The first-order chi connectivity index (χ1) is 6.40. The predicted octanol–water partition coefficient (Wildman–Crippen LogP) is -2.24. The minimum atomic E-state index is -1.08. The summed E-state index contributed by atoms with van der Waals surface area (Å²) in [6.45, 7) is 2.08. The Morgan fingerprint density at radius 2 is 2.00 bits per heavy atom. The van der Waals surface area contributed by atoms with Crippen molar-refractivity contribution in [1.29, 1.82) is 0 Å². The molecule has 3 atom stereocenters.